The van der Waals surface area contributed by atoms with Gasteiger partial charge in [0.05, 0.1) is 11.2 Å². The summed E-state index contributed by atoms with van der Waals surface area (Å²) in [6, 6.07) is 22.4. The van der Waals surface area contributed by atoms with Crippen LogP contribution >= 0.6 is 0 Å². The molecule has 0 saturated carbocycles. The lowest BCUT2D eigenvalue weighted by Crippen LogP contribution is -2.29. The summed E-state index contributed by atoms with van der Waals surface area (Å²) in [6.45, 7) is 0.658. The molecule has 5 rings (SSSR count). The van der Waals surface area contributed by atoms with E-state index in [9.17, 15) is 9.59 Å². The average molecular weight is 352 g/mol. The number of aromatic nitrogens is 1. The minimum absolute atomic E-state index is 0.298. The molecule has 2 heterocycles. The van der Waals surface area contributed by atoms with E-state index in [2.05, 4.69) is 34.9 Å². The SMILES string of the molecule is O=C1C=CC(=O)N1c1cn(Cc2cccc3ccccc23)c2ccccc12. The first-order valence-corrected chi connectivity index (χ1v) is 8.83. The molecule has 0 fully saturated rings. The van der Waals surface area contributed by atoms with Crippen LogP contribution in [0.3, 0.4) is 0 Å². The van der Waals surface area contributed by atoms with E-state index >= 15 is 0 Å². The first-order valence-electron chi connectivity index (χ1n) is 8.83. The number of imide groups is 1. The topological polar surface area (TPSA) is 42.3 Å². The van der Waals surface area contributed by atoms with Crippen LogP contribution in [0.4, 0.5) is 5.69 Å². The highest BCUT2D eigenvalue weighted by molar-refractivity contribution is 6.30. The largest absolute Gasteiger partial charge is 0.341 e. The molecule has 0 atom stereocenters. The molecule has 4 aromatic rings. The molecular formula is C23H16N2O2. The number of carbonyl (C=O) groups is 2. The second-order valence-corrected chi connectivity index (χ2v) is 6.64. The van der Waals surface area contributed by atoms with Crippen molar-refractivity contribution >= 4 is 39.2 Å². The summed E-state index contributed by atoms with van der Waals surface area (Å²) in [7, 11) is 0. The van der Waals surface area contributed by atoms with Crippen molar-refractivity contribution in [2.24, 2.45) is 0 Å². The second-order valence-electron chi connectivity index (χ2n) is 6.64. The number of fused-ring (bicyclic) bond motifs is 2. The molecule has 0 bridgehead atoms. The molecular weight excluding hydrogens is 336 g/mol. The van der Waals surface area contributed by atoms with Gasteiger partial charge in [-0.3, -0.25) is 9.59 Å². The smallest absolute Gasteiger partial charge is 0.258 e. The summed E-state index contributed by atoms with van der Waals surface area (Å²) in [6.07, 6.45) is 4.54. The van der Waals surface area contributed by atoms with Gasteiger partial charge in [-0.1, -0.05) is 60.7 Å². The van der Waals surface area contributed by atoms with E-state index in [1.165, 1.54) is 33.4 Å². The van der Waals surface area contributed by atoms with Crippen molar-refractivity contribution in [3.63, 3.8) is 0 Å². The predicted octanol–water partition coefficient (Wildman–Crippen LogP) is 4.27. The summed E-state index contributed by atoms with van der Waals surface area (Å²) >= 11 is 0. The van der Waals surface area contributed by atoms with Crippen molar-refractivity contribution in [3.05, 3.63) is 90.6 Å². The highest BCUT2D eigenvalue weighted by Crippen LogP contribution is 2.32. The van der Waals surface area contributed by atoms with Crippen molar-refractivity contribution in [1.29, 1.82) is 0 Å². The first-order chi connectivity index (χ1) is 13.2. The van der Waals surface area contributed by atoms with Gasteiger partial charge in [-0.2, -0.15) is 0 Å². The zero-order valence-electron chi connectivity index (χ0n) is 14.5. The average Bonchev–Trinajstić information content (AvgIpc) is 3.22. The van der Waals surface area contributed by atoms with Gasteiger partial charge in [0.15, 0.2) is 0 Å². The van der Waals surface area contributed by atoms with Gasteiger partial charge in [0.25, 0.3) is 11.8 Å². The van der Waals surface area contributed by atoms with Crippen molar-refractivity contribution in [2.75, 3.05) is 4.90 Å². The number of anilines is 1. The van der Waals surface area contributed by atoms with E-state index in [-0.39, 0.29) is 11.8 Å². The van der Waals surface area contributed by atoms with Crippen LogP contribution in [-0.2, 0) is 16.1 Å². The van der Waals surface area contributed by atoms with Crippen molar-refractivity contribution < 1.29 is 9.59 Å². The molecule has 0 saturated heterocycles. The van der Waals surface area contributed by atoms with E-state index in [0.717, 1.165) is 10.9 Å². The van der Waals surface area contributed by atoms with Crippen LogP contribution in [0.1, 0.15) is 5.56 Å². The van der Waals surface area contributed by atoms with Crippen LogP contribution in [0, 0.1) is 0 Å². The van der Waals surface area contributed by atoms with Crippen molar-refractivity contribution in [2.45, 2.75) is 6.54 Å². The molecule has 4 nitrogen and oxygen atoms in total. The summed E-state index contributed by atoms with van der Waals surface area (Å²) in [4.78, 5) is 25.6. The lowest BCUT2D eigenvalue weighted by molar-refractivity contribution is -0.119. The lowest BCUT2D eigenvalue weighted by Gasteiger charge is -2.12. The van der Waals surface area contributed by atoms with Crippen LogP contribution in [0.2, 0.25) is 0 Å². The number of hydrogen-bond donors (Lipinski definition) is 0. The summed E-state index contributed by atoms with van der Waals surface area (Å²) in [5.74, 6) is -0.596. The Bertz CT molecular complexity index is 1230. The number of carbonyl (C=O) groups excluding carboxylic acids is 2. The van der Waals surface area contributed by atoms with Crippen LogP contribution in [0.5, 0.6) is 0 Å². The normalized spacial score (nSPS) is 14.0. The van der Waals surface area contributed by atoms with E-state index in [1.54, 1.807) is 0 Å². The molecule has 1 aliphatic rings. The molecule has 27 heavy (non-hydrogen) atoms. The third kappa shape index (κ3) is 2.46. The zero-order valence-corrected chi connectivity index (χ0v) is 14.5. The molecule has 0 aliphatic carbocycles. The fourth-order valence-electron chi connectivity index (χ4n) is 3.79. The van der Waals surface area contributed by atoms with Gasteiger partial charge in [-0.05, 0) is 22.4 Å². The van der Waals surface area contributed by atoms with Crippen LogP contribution in [-0.4, -0.2) is 16.4 Å². The Morgan fingerprint density at radius 3 is 2.19 bits per heavy atom. The Kier molecular flexibility index (Phi) is 3.44. The third-order valence-corrected chi connectivity index (χ3v) is 5.04. The molecule has 3 aromatic carbocycles. The van der Waals surface area contributed by atoms with Crippen molar-refractivity contribution in [1.82, 2.24) is 4.57 Å². The van der Waals surface area contributed by atoms with Crippen LogP contribution in [0.15, 0.2) is 85.1 Å². The van der Waals surface area contributed by atoms with Gasteiger partial charge >= 0.3 is 0 Å². The number of hydrogen-bond acceptors (Lipinski definition) is 2. The number of rotatable bonds is 3. The minimum atomic E-state index is -0.298. The van der Waals surface area contributed by atoms with Gasteiger partial charge in [-0.15, -0.1) is 0 Å². The van der Waals surface area contributed by atoms with Gasteiger partial charge in [0.1, 0.15) is 0 Å². The Labute approximate surface area is 155 Å². The third-order valence-electron chi connectivity index (χ3n) is 5.04. The molecule has 130 valence electrons. The Morgan fingerprint density at radius 2 is 1.37 bits per heavy atom. The number of amides is 2. The molecule has 0 unspecified atom stereocenters. The van der Waals surface area contributed by atoms with Gasteiger partial charge in [0.2, 0.25) is 0 Å². The van der Waals surface area contributed by atoms with E-state index in [1.807, 2.05) is 42.6 Å². The number of nitrogens with zero attached hydrogens (tertiary/aromatic N) is 2. The highest BCUT2D eigenvalue weighted by Gasteiger charge is 2.28. The standard InChI is InChI=1S/C23H16N2O2/c26-22-12-13-23(27)25(22)21-15-24(20-11-4-3-10-19(20)21)14-17-8-5-7-16-6-1-2-9-18(16)17/h1-13,15H,14H2. The van der Waals surface area contributed by atoms with E-state index in [4.69, 9.17) is 0 Å². The molecule has 4 heteroatoms. The first kappa shape index (κ1) is 15.6. The molecule has 0 N–H and O–H groups in total. The molecule has 2 amide bonds. The Morgan fingerprint density at radius 1 is 0.704 bits per heavy atom. The van der Waals surface area contributed by atoms with Gasteiger partial charge in [0, 0.05) is 30.3 Å². The predicted molar refractivity (Wildman–Crippen MR) is 107 cm³/mol. The quantitative estimate of drug-likeness (QED) is 0.517. The van der Waals surface area contributed by atoms with Crippen LogP contribution < -0.4 is 4.90 Å². The summed E-state index contributed by atoms with van der Waals surface area (Å²) in [5, 5.41) is 3.29. The maximum atomic E-state index is 12.2. The van der Waals surface area contributed by atoms with Gasteiger partial charge in [-0.25, -0.2) is 4.90 Å². The summed E-state index contributed by atoms with van der Waals surface area (Å²) in [5.41, 5.74) is 2.82. The fourth-order valence-corrected chi connectivity index (χ4v) is 3.79. The lowest BCUT2D eigenvalue weighted by atomic mass is 10.0. The molecule has 0 radical (unpaired) electrons. The summed E-state index contributed by atoms with van der Waals surface area (Å²) < 4.78 is 2.10. The second kappa shape index (κ2) is 5.95. The molecule has 1 aliphatic heterocycles. The number of benzene rings is 3. The maximum Gasteiger partial charge on any atom is 0.258 e. The van der Waals surface area contributed by atoms with Crippen molar-refractivity contribution in [3.8, 4) is 0 Å². The minimum Gasteiger partial charge on any atom is -0.341 e. The molecule has 0 spiro atoms. The Hall–Kier alpha value is -3.66. The highest BCUT2D eigenvalue weighted by atomic mass is 16.2. The van der Waals surface area contributed by atoms with Crippen LogP contribution in [0.25, 0.3) is 21.7 Å². The maximum absolute atomic E-state index is 12.2. The monoisotopic (exact) mass is 352 g/mol. The molecule has 1 aromatic heterocycles. The Balaban J connectivity index is 1.66. The zero-order chi connectivity index (χ0) is 18.4. The van der Waals surface area contributed by atoms with E-state index in [0.29, 0.717) is 12.2 Å². The fraction of sp³-hybridized carbons (Fsp3) is 0.0435. The van der Waals surface area contributed by atoms with E-state index < -0.39 is 0 Å². The number of para-hydroxylation sites is 1. The van der Waals surface area contributed by atoms with Gasteiger partial charge < -0.3 is 4.57 Å².